The number of alkyl halides is 3. The Kier molecular flexibility index (Phi) is 26.6. The molecule has 48 heavy (non-hydrogen) atoms. The molecular formula is C30H45I3N6O9. The van der Waals surface area contributed by atoms with Gasteiger partial charge in [0.1, 0.15) is 0 Å². The lowest BCUT2D eigenvalue weighted by Crippen LogP contribution is -2.29. The van der Waals surface area contributed by atoms with Crippen LogP contribution in [-0.4, -0.2) is 108 Å². The molecule has 0 saturated carbocycles. The average molecular weight is 1010 g/mol. The number of nitrogens with one attached hydrogen (secondary N) is 6. The van der Waals surface area contributed by atoms with Crippen molar-refractivity contribution >= 4 is 103 Å². The summed E-state index contributed by atoms with van der Waals surface area (Å²) in [4.78, 5) is 70.9. The van der Waals surface area contributed by atoms with Crippen molar-refractivity contribution in [1.29, 1.82) is 0 Å². The number of rotatable bonds is 27. The Morgan fingerprint density at radius 3 is 0.938 bits per heavy atom. The summed E-state index contributed by atoms with van der Waals surface area (Å²) < 4.78 is 17.3. The van der Waals surface area contributed by atoms with Gasteiger partial charge in [-0.3, -0.25) is 28.8 Å². The van der Waals surface area contributed by atoms with Crippen molar-refractivity contribution < 1.29 is 43.0 Å². The largest absolute Gasteiger partial charge is 0.379 e. The van der Waals surface area contributed by atoms with Crippen LogP contribution in [0.15, 0.2) is 18.2 Å². The molecule has 0 unspecified atom stereocenters. The number of benzene rings is 1. The monoisotopic (exact) mass is 1010 g/mol. The molecule has 6 N–H and O–H groups in total. The maximum Gasteiger partial charge on any atom is 0.229 e. The fourth-order valence-electron chi connectivity index (χ4n) is 3.74. The summed E-state index contributed by atoms with van der Waals surface area (Å²) in [6.07, 6.45) is 0.453. The normalized spacial score (nSPS) is 10.6. The van der Waals surface area contributed by atoms with Gasteiger partial charge in [-0.25, -0.2) is 0 Å². The highest BCUT2D eigenvalue weighted by atomic mass is 127. The van der Waals surface area contributed by atoms with Crippen LogP contribution in [0.1, 0.15) is 36.0 Å². The Hall–Kier alpha value is -1.89. The molecule has 0 aromatic heterocycles. The van der Waals surface area contributed by atoms with E-state index in [0.29, 0.717) is 52.7 Å². The second-order valence-electron chi connectivity index (χ2n) is 10.0. The second-order valence-corrected chi connectivity index (χ2v) is 12.3. The minimum absolute atomic E-state index is 0.0727. The fraction of sp³-hybridized carbons (Fsp3) is 0.600. The number of hydrogen-bond donors (Lipinski definition) is 6. The van der Waals surface area contributed by atoms with E-state index in [1.165, 1.54) is 0 Å². The summed E-state index contributed by atoms with van der Waals surface area (Å²) in [5.41, 5.74) is 2.36. The van der Waals surface area contributed by atoms with Gasteiger partial charge in [0.2, 0.25) is 35.4 Å². The van der Waals surface area contributed by atoms with Crippen LogP contribution in [-0.2, 0) is 62.6 Å². The molecule has 0 spiro atoms. The van der Waals surface area contributed by atoms with Crippen LogP contribution in [0.5, 0.6) is 0 Å². The van der Waals surface area contributed by atoms with Gasteiger partial charge in [-0.15, -0.1) is 0 Å². The topological polar surface area (TPSA) is 202 Å². The summed E-state index contributed by atoms with van der Waals surface area (Å²) in [6.45, 7) is 3.40. The third kappa shape index (κ3) is 24.3. The number of ether oxygens (including phenoxy) is 3. The van der Waals surface area contributed by atoms with Gasteiger partial charge in [-0.05, 0) is 16.7 Å². The minimum atomic E-state index is -0.206. The Balaban J connectivity index is 2.61. The van der Waals surface area contributed by atoms with Crippen LogP contribution in [0, 0.1) is 0 Å². The second kappa shape index (κ2) is 28.9. The standard InChI is InChI=1S/C30H45I3N6O9/c31-16-28(43)34-4-10-46-7-1-25(40)37-19-22-13-23(20-38-26(41)2-8-47-11-5-35-29(44)17-32)15-24(14-22)21-39-27(42)3-9-48-12-6-36-30(45)18-33/h13-15H,1-12,16-21H2,(H,34,43)(H,35,44)(H,36,45)(H,37,40)(H,38,41)(H,39,42). The molecule has 1 rings (SSSR count). The molecule has 1 aromatic carbocycles. The summed E-state index contributed by atoms with van der Waals surface area (Å²) in [5.74, 6) is -0.836. The van der Waals surface area contributed by atoms with E-state index in [-0.39, 0.29) is 94.2 Å². The van der Waals surface area contributed by atoms with Gasteiger partial charge >= 0.3 is 0 Å². The number of carbonyl (C=O) groups excluding carboxylic acids is 6. The average Bonchev–Trinajstić information content (AvgIpc) is 3.09. The summed E-state index contributed by atoms with van der Waals surface area (Å²) in [5, 5.41) is 16.7. The van der Waals surface area contributed by atoms with E-state index < -0.39 is 0 Å². The number of hydrogen-bond acceptors (Lipinski definition) is 9. The van der Waals surface area contributed by atoms with E-state index in [2.05, 4.69) is 31.9 Å². The van der Waals surface area contributed by atoms with Gasteiger partial charge < -0.3 is 46.1 Å². The molecule has 0 atom stereocenters. The van der Waals surface area contributed by atoms with Crippen molar-refractivity contribution in [3.05, 3.63) is 34.9 Å². The summed E-state index contributed by atoms with van der Waals surface area (Å²) in [7, 11) is 0. The van der Waals surface area contributed by atoms with Crippen molar-refractivity contribution in [2.75, 3.05) is 72.6 Å². The van der Waals surface area contributed by atoms with Crippen molar-refractivity contribution in [3.63, 3.8) is 0 Å². The van der Waals surface area contributed by atoms with Crippen molar-refractivity contribution in [1.82, 2.24) is 31.9 Å². The fourth-order valence-corrected chi connectivity index (χ4v) is 4.55. The molecule has 0 aliphatic rings. The van der Waals surface area contributed by atoms with Gasteiger partial charge in [-0.2, -0.15) is 0 Å². The Bertz CT molecular complexity index is 1010. The van der Waals surface area contributed by atoms with E-state index in [9.17, 15) is 28.8 Å². The van der Waals surface area contributed by atoms with Gasteiger partial charge in [0.25, 0.3) is 0 Å². The lowest BCUT2D eigenvalue weighted by Gasteiger charge is -2.13. The van der Waals surface area contributed by atoms with Crippen LogP contribution in [0.25, 0.3) is 0 Å². The van der Waals surface area contributed by atoms with E-state index in [1.54, 1.807) is 0 Å². The smallest absolute Gasteiger partial charge is 0.229 e. The minimum Gasteiger partial charge on any atom is -0.379 e. The molecule has 0 aliphatic carbocycles. The van der Waals surface area contributed by atoms with Gasteiger partial charge in [0, 0.05) is 58.5 Å². The van der Waals surface area contributed by atoms with Crippen LogP contribution < -0.4 is 31.9 Å². The first-order valence-corrected chi connectivity index (χ1v) is 19.9. The molecule has 0 heterocycles. The molecule has 0 bridgehead atoms. The maximum atomic E-state index is 12.4. The van der Waals surface area contributed by atoms with E-state index in [0.717, 1.165) is 16.7 Å². The molecule has 1 aromatic rings. The third-order valence-electron chi connectivity index (χ3n) is 6.07. The zero-order chi connectivity index (χ0) is 35.4. The molecule has 6 amide bonds. The highest BCUT2D eigenvalue weighted by Gasteiger charge is 2.09. The zero-order valence-electron chi connectivity index (χ0n) is 26.8. The zero-order valence-corrected chi connectivity index (χ0v) is 33.2. The molecule has 15 nitrogen and oxygen atoms in total. The molecule has 270 valence electrons. The third-order valence-corrected chi connectivity index (χ3v) is 8.15. The molecule has 0 radical (unpaired) electrons. The summed E-state index contributed by atoms with van der Waals surface area (Å²) >= 11 is 5.92. The Morgan fingerprint density at radius 1 is 0.417 bits per heavy atom. The van der Waals surface area contributed by atoms with Crippen molar-refractivity contribution in [3.8, 4) is 0 Å². The van der Waals surface area contributed by atoms with E-state index in [4.69, 9.17) is 14.2 Å². The van der Waals surface area contributed by atoms with Gasteiger partial charge in [-0.1, -0.05) is 86.0 Å². The summed E-state index contributed by atoms with van der Waals surface area (Å²) in [6, 6.07) is 5.61. The van der Waals surface area contributed by atoms with Crippen LogP contribution >= 0.6 is 67.8 Å². The highest BCUT2D eigenvalue weighted by molar-refractivity contribution is 14.1. The highest BCUT2D eigenvalue weighted by Crippen LogP contribution is 2.12. The van der Waals surface area contributed by atoms with Crippen LogP contribution in [0.4, 0.5) is 0 Å². The van der Waals surface area contributed by atoms with E-state index in [1.807, 2.05) is 86.0 Å². The maximum absolute atomic E-state index is 12.4. The number of carbonyl (C=O) groups is 6. The lowest BCUT2D eigenvalue weighted by molar-refractivity contribution is -0.123. The lowest BCUT2D eigenvalue weighted by atomic mass is 10.0. The van der Waals surface area contributed by atoms with Crippen molar-refractivity contribution in [2.45, 2.75) is 38.9 Å². The number of halogens is 3. The van der Waals surface area contributed by atoms with Gasteiger partial charge in [0.15, 0.2) is 0 Å². The molecule has 18 heteroatoms. The van der Waals surface area contributed by atoms with Crippen molar-refractivity contribution in [2.24, 2.45) is 0 Å². The first-order valence-electron chi connectivity index (χ1n) is 15.3. The first kappa shape index (κ1) is 44.1. The molecule has 0 saturated heterocycles. The van der Waals surface area contributed by atoms with Gasteiger partial charge in [0.05, 0.1) is 52.9 Å². The van der Waals surface area contributed by atoms with E-state index >= 15 is 0 Å². The Morgan fingerprint density at radius 2 is 0.688 bits per heavy atom. The molecular weight excluding hydrogens is 969 g/mol. The molecule has 0 fully saturated rings. The van der Waals surface area contributed by atoms with Crippen LogP contribution in [0.3, 0.4) is 0 Å². The predicted octanol–water partition coefficient (Wildman–Crippen LogP) is 0.409. The molecule has 0 aliphatic heterocycles. The first-order chi connectivity index (χ1) is 23.2. The number of amides is 6. The quantitative estimate of drug-likeness (QED) is 0.0411. The predicted molar refractivity (Wildman–Crippen MR) is 204 cm³/mol. The van der Waals surface area contributed by atoms with Crippen LogP contribution in [0.2, 0.25) is 0 Å². The Labute approximate surface area is 322 Å². The SMILES string of the molecule is O=C(CI)NCCOCCC(=O)NCc1cc(CNC(=O)CCOCCNC(=O)CI)cc(CNC(=O)CCOCCNC(=O)CI)c1.